The van der Waals surface area contributed by atoms with Crippen molar-refractivity contribution in [2.45, 2.75) is 0 Å². The molecule has 0 aliphatic heterocycles. The standard InChI is InChI=1S/C14H6O8/c15-3-1-5(17)11-9-7(3)13(19)22-12-6(18)2-4(16)8(10(9)12)14(20)21-11/h1-2,15-18H. The zero-order chi connectivity index (χ0) is 15.8. The second-order valence-corrected chi connectivity index (χ2v) is 4.77. The third-order valence-corrected chi connectivity index (χ3v) is 3.53. The van der Waals surface area contributed by atoms with Crippen molar-refractivity contribution in [2.24, 2.45) is 0 Å². The lowest BCUT2D eigenvalue weighted by Crippen LogP contribution is -2.07. The average molecular weight is 302 g/mol. The molecule has 8 nitrogen and oxygen atoms in total. The molecule has 0 bridgehead atoms. The molecular weight excluding hydrogens is 296 g/mol. The number of rotatable bonds is 0. The largest absolute Gasteiger partial charge is 0.507 e. The van der Waals surface area contributed by atoms with E-state index in [0.29, 0.717) is 0 Å². The molecular formula is C14H6O8. The quantitative estimate of drug-likeness (QED) is 0.281. The van der Waals surface area contributed by atoms with Gasteiger partial charge in [-0.15, -0.1) is 0 Å². The van der Waals surface area contributed by atoms with Crippen LogP contribution in [-0.2, 0) is 0 Å². The monoisotopic (exact) mass is 302 g/mol. The fourth-order valence-corrected chi connectivity index (χ4v) is 2.66. The zero-order valence-corrected chi connectivity index (χ0v) is 10.6. The molecule has 0 amide bonds. The summed E-state index contributed by atoms with van der Waals surface area (Å²) >= 11 is 0. The van der Waals surface area contributed by atoms with Gasteiger partial charge >= 0.3 is 11.3 Å². The first kappa shape index (κ1) is 12.3. The summed E-state index contributed by atoms with van der Waals surface area (Å²) in [6.45, 7) is 0. The summed E-state index contributed by atoms with van der Waals surface area (Å²) in [5, 5.41) is 38.5. The van der Waals surface area contributed by atoms with Crippen LogP contribution in [0.1, 0.15) is 0 Å². The van der Waals surface area contributed by atoms with Gasteiger partial charge in [-0.25, -0.2) is 9.59 Å². The van der Waals surface area contributed by atoms with Crippen molar-refractivity contribution in [1.82, 2.24) is 0 Å². The minimum atomic E-state index is -0.994. The Balaban J connectivity index is 2.60. The Morgan fingerprint density at radius 3 is 1.32 bits per heavy atom. The van der Waals surface area contributed by atoms with Crippen LogP contribution < -0.4 is 11.3 Å². The van der Waals surface area contributed by atoms with E-state index >= 15 is 0 Å². The van der Waals surface area contributed by atoms with E-state index in [1.807, 2.05) is 0 Å². The van der Waals surface area contributed by atoms with Gasteiger partial charge in [-0.2, -0.15) is 0 Å². The van der Waals surface area contributed by atoms with E-state index in [4.69, 9.17) is 8.83 Å². The van der Waals surface area contributed by atoms with Crippen LogP contribution in [0.15, 0.2) is 30.6 Å². The Morgan fingerprint density at radius 2 is 0.955 bits per heavy atom. The smallest absolute Gasteiger partial charge is 0.348 e. The Morgan fingerprint density at radius 1 is 0.591 bits per heavy atom. The van der Waals surface area contributed by atoms with Gasteiger partial charge in [0.2, 0.25) is 0 Å². The first-order valence-electron chi connectivity index (χ1n) is 6.02. The summed E-state index contributed by atoms with van der Waals surface area (Å²) in [4.78, 5) is 24.0. The molecule has 2 aromatic heterocycles. The van der Waals surface area contributed by atoms with E-state index in [9.17, 15) is 30.0 Å². The summed E-state index contributed by atoms with van der Waals surface area (Å²) in [6.07, 6.45) is 0. The molecule has 2 aromatic carbocycles. The van der Waals surface area contributed by atoms with E-state index in [1.54, 1.807) is 0 Å². The van der Waals surface area contributed by atoms with Crippen LogP contribution in [0.3, 0.4) is 0 Å². The number of phenols is 4. The maximum atomic E-state index is 12.0. The van der Waals surface area contributed by atoms with Crippen LogP contribution in [0.4, 0.5) is 0 Å². The molecule has 0 saturated carbocycles. The maximum absolute atomic E-state index is 12.0. The Kier molecular flexibility index (Phi) is 2.02. The van der Waals surface area contributed by atoms with Crippen molar-refractivity contribution < 1.29 is 29.3 Å². The predicted molar refractivity (Wildman–Crippen MR) is 73.9 cm³/mol. The Hall–Kier alpha value is -3.42. The van der Waals surface area contributed by atoms with E-state index in [0.717, 1.165) is 12.1 Å². The van der Waals surface area contributed by atoms with Crippen molar-refractivity contribution in [3.63, 3.8) is 0 Å². The van der Waals surface area contributed by atoms with Gasteiger partial charge in [0, 0.05) is 12.1 Å². The molecule has 0 saturated heterocycles. The first-order valence-corrected chi connectivity index (χ1v) is 6.02. The number of hydrogen-bond acceptors (Lipinski definition) is 8. The topological polar surface area (TPSA) is 141 Å². The number of benzene rings is 2. The fraction of sp³-hybridized carbons (Fsp3) is 0. The molecule has 0 atom stereocenters. The third kappa shape index (κ3) is 1.26. The summed E-state index contributed by atoms with van der Waals surface area (Å²) in [5.74, 6) is -2.31. The average Bonchev–Trinajstić information content (AvgIpc) is 2.43. The van der Waals surface area contributed by atoms with Gasteiger partial charge in [0.05, 0.1) is 10.8 Å². The van der Waals surface area contributed by atoms with E-state index < -0.39 is 34.2 Å². The summed E-state index contributed by atoms with van der Waals surface area (Å²) in [6, 6.07) is 1.67. The van der Waals surface area contributed by atoms with Crippen LogP contribution in [-0.4, -0.2) is 20.4 Å². The number of phenolic OH excluding ortho intramolecular Hbond substituents is 4. The SMILES string of the molecule is O=c1oc2c(O)cc(O)c3c(=O)oc4c(O)cc(O)c1c4c23. The summed E-state index contributed by atoms with van der Waals surface area (Å²) in [7, 11) is 0. The van der Waals surface area contributed by atoms with Gasteiger partial charge in [-0.05, 0) is 0 Å². The van der Waals surface area contributed by atoms with Gasteiger partial charge < -0.3 is 29.3 Å². The molecule has 0 radical (unpaired) electrons. The molecule has 4 aromatic rings. The second kappa shape index (κ2) is 3.61. The van der Waals surface area contributed by atoms with Crippen molar-refractivity contribution in [3.8, 4) is 23.0 Å². The van der Waals surface area contributed by atoms with Gasteiger partial charge in [-0.1, -0.05) is 0 Å². The highest BCUT2D eigenvalue weighted by molar-refractivity contribution is 6.23. The second-order valence-electron chi connectivity index (χ2n) is 4.77. The molecule has 0 spiro atoms. The van der Waals surface area contributed by atoms with Gasteiger partial charge in [0.1, 0.15) is 22.3 Å². The van der Waals surface area contributed by atoms with Crippen molar-refractivity contribution in [1.29, 1.82) is 0 Å². The van der Waals surface area contributed by atoms with Crippen LogP contribution in [0, 0.1) is 0 Å². The molecule has 4 N–H and O–H groups in total. The Bertz CT molecular complexity index is 1100. The molecule has 0 aliphatic rings. The van der Waals surface area contributed by atoms with Crippen molar-refractivity contribution in [2.75, 3.05) is 0 Å². The third-order valence-electron chi connectivity index (χ3n) is 3.53. The zero-order valence-electron chi connectivity index (χ0n) is 10.6. The van der Waals surface area contributed by atoms with E-state index in [1.165, 1.54) is 0 Å². The van der Waals surface area contributed by atoms with Crippen LogP contribution in [0.2, 0.25) is 0 Å². The molecule has 110 valence electrons. The molecule has 2 heterocycles. The normalized spacial score (nSPS) is 11.8. The van der Waals surface area contributed by atoms with Gasteiger partial charge in [0.15, 0.2) is 22.7 Å². The first-order chi connectivity index (χ1) is 10.4. The highest BCUT2D eigenvalue weighted by atomic mass is 16.4. The lowest BCUT2D eigenvalue weighted by Gasteiger charge is -2.11. The number of hydrogen-bond donors (Lipinski definition) is 4. The molecule has 0 fully saturated rings. The highest BCUT2D eigenvalue weighted by Crippen LogP contribution is 2.43. The number of aromatic hydroxyl groups is 4. The molecule has 4 rings (SSSR count). The molecule has 22 heavy (non-hydrogen) atoms. The van der Waals surface area contributed by atoms with Crippen molar-refractivity contribution >= 4 is 32.7 Å². The highest BCUT2D eigenvalue weighted by Gasteiger charge is 2.25. The van der Waals surface area contributed by atoms with E-state index in [-0.39, 0.29) is 32.7 Å². The van der Waals surface area contributed by atoms with Crippen LogP contribution >= 0.6 is 0 Å². The fourth-order valence-electron chi connectivity index (χ4n) is 2.66. The predicted octanol–water partition coefficient (Wildman–Crippen LogP) is 1.31. The minimum Gasteiger partial charge on any atom is -0.507 e. The molecule has 0 unspecified atom stereocenters. The minimum absolute atomic E-state index is 0.121. The lowest BCUT2D eigenvalue weighted by atomic mass is 10.0. The van der Waals surface area contributed by atoms with E-state index in [2.05, 4.69) is 0 Å². The Labute approximate surface area is 119 Å². The van der Waals surface area contributed by atoms with Gasteiger partial charge in [0.25, 0.3) is 0 Å². The van der Waals surface area contributed by atoms with Crippen LogP contribution in [0.25, 0.3) is 32.7 Å². The molecule has 0 aliphatic carbocycles. The molecule has 8 heteroatoms. The van der Waals surface area contributed by atoms with Gasteiger partial charge in [-0.3, -0.25) is 0 Å². The summed E-state index contributed by atoms with van der Waals surface area (Å²) < 4.78 is 9.87. The lowest BCUT2D eigenvalue weighted by molar-refractivity contribution is 0.433. The van der Waals surface area contributed by atoms with Crippen LogP contribution in [0.5, 0.6) is 23.0 Å². The maximum Gasteiger partial charge on any atom is 0.348 e. The van der Waals surface area contributed by atoms with Crippen molar-refractivity contribution in [3.05, 3.63) is 33.0 Å². The summed E-state index contributed by atoms with van der Waals surface area (Å²) in [5.41, 5.74) is -2.70.